The Labute approximate surface area is 221 Å². The minimum Gasteiger partial charge on any atom is -0.451 e. The number of pyridine rings is 1. The Kier molecular flexibility index (Phi) is 6.90. The predicted octanol–water partition coefficient (Wildman–Crippen LogP) is 3.66. The van der Waals surface area contributed by atoms with Gasteiger partial charge in [0.15, 0.2) is 23.8 Å². The van der Waals surface area contributed by atoms with Gasteiger partial charge in [0.2, 0.25) is 5.95 Å². The first-order chi connectivity index (χ1) is 18.7. The van der Waals surface area contributed by atoms with Gasteiger partial charge in [-0.2, -0.15) is 4.98 Å². The Morgan fingerprint density at radius 3 is 2.44 bits per heavy atom. The molecule has 3 heterocycles. The third-order valence-electron chi connectivity index (χ3n) is 5.71. The van der Waals surface area contributed by atoms with Crippen LogP contribution in [-0.4, -0.2) is 24.1 Å². The fourth-order valence-electron chi connectivity index (χ4n) is 3.79. The monoisotopic (exact) mass is 556 g/mol. The van der Waals surface area contributed by atoms with Gasteiger partial charge in [-0.25, -0.2) is 32.3 Å². The SMILES string of the molecule is O=c1[nH]cccc1Cn1c(=O)nc(Nc2ccc(-c3cocn3)cc2Cl)n(Cc2cc(F)c(F)c(F)c2)c1=O. The van der Waals surface area contributed by atoms with Gasteiger partial charge in [-0.3, -0.25) is 9.36 Å². The van der Waals surface area contributed by atoms with Crippen LogP contribution in [0.1, 0.15) is 11.1 Å². The minimum atomic E-state index is -1.67. The molecule has 0 fully saturated rings. The largest absolute Gasteiger partial charge is 0.451 e. The lowest BCUT2D eigenvalue weighted by Gasteiger charge is -2.16. The molecule has 0 atom stereocenters. The van der Waals surface area contributed by atoms with Gasteiger partial charge in [0.25, 0.3) is 5.56 Å². The van der Waals surface area contributed by atoms with Crippen LogP contribution in [0.3, 0.4) is 0 Å². The smallest absolute Gasteiger partial charge is 0.355 e. The number of hydrogen-bond acceptors (Lipinski definition) is 7. The van der Waals surface area contributed by atoms with Crippen molar-refractivity contribution in [1.29, 1.82) is 0 Å². The number of benzene rings is 2. The summed E-state index contributed by atoms with van der Waals surface area (Å²) in [5.74, 6) is -4.91. The van der Waals surface area contributed by atoms with Crippen LogP contribution in [0.4, 0.5) is 24.8 Å². The molecule has 0 radical (unpaired) electrons. The zero-order valence-electron chi connectivity index (χ0n) is 19.6. The second-order valence-electron chi connectivity index (χ2n) is 8.26. The van der Waals surface area contributed by atoms with Crippen molar-refractivity contribution in [3.8, 4) is 11.3 Å². The molecule has 0 bridgehead atoms. The summed E-state index contributed by atoms with van der Waals surface area (Å²) in [6, 6.07) is 9.09. The van der Waals surface area contributed by atoms with Crippen molar-refractivity contribution in [1.82, 2.24) is 24.1 Å². The molecule has 2 N–H and O–H groups in total. The van der Waals surface area contributed by atoms with Gasteiger partial charge >= 0.3 is 11.4 Å². The molecule has 0 unspecified atom stereocenters. The Morgan fingerprint density at radius 1 is 1.00 bits per heavy atom. The standard InChI is InChI=1S/C25H16ClF3N6O4/c26-16-8-14(20-11-39-12-31-20)3-4-19(16)32-23-33-24(37)35(10-15-2-1-5-30-22(15)36)25(38)34(23)9-13-6-17(27)21(29)18(28)7-13/h1-8,11-12H,9-10H2,(H,30,36)(H,32,33,37). The van der Waals surface area contributed by atoms with E-state index in [-0.39, 0.29) is 27.8 Å². The van der Waals surface area contributed by atoms with E-state index in [1.165, 1.54) is 37.1 Å². The Balaban J connectivity index is 1.60. The molecule has 0 spiro atoms. The van der Waals surface area contributed by atoms with Crippen molar-refractivity contribution in [2.24, 2.45) is 0 Å². The lowest BCUT2D eigenvalue weighted by atomic mass is 10.1. The summed E-state index contributed by atoms with van der Waals surface area (Å²) in [5, 5.41) is 2.95. The zero-order valence-corrected chi connectivity index (χ0v) is 20.4. The van der Waals surface area contributed by atoms with E-state index in [9.17, 15) is 27.6 Å². The molecule has 10 nitrogen and oxygen atoms in total. The third kappa shape index (κ3) is 5.25. The van der Waals surface area contributed by atoms with E-state index >= 15 is 0 Å². The normalized spacial score (nSPS) is 11.1. The number of halogens is 4. The quantitative estimate of drug-likeness (QED) is 0.293. The molecule has 2 aromatic carbocycles. The summed E-state index contributed by atoms with van der Waals surface area (Å²) in [6.45, 7) is -0.942. The summed E-state index contributed by atoms with van der Waals surface area (Å²) in [5.41, 5.74) is -1.17. The molecule has 0 aliphatic carbocycles. The van der Waals surface area contributed by atoms with Crippen LogP contribution in [0.2, 0.25) is 5.02 Å². The lowest BCUT2D eigenvalue weighted by molar-refractivity contribution is 0.444. The molecule has 0 aliphatic heterocycles. The number of rotatable bonds is 7. The average molecular weight is 557 g/mol. The highest BCUT2D eigenvalue weighted by Gasteiger charge is 2.18. The van der Waals surface area contributed by atoms with Crippen molar-refractivity contribution in [3.05, 3.63) is 126 Å². The van der Waals surface area contributed by atoms with Crippen LogP contribution in [0.25, 0.3) is 11.3 Å². The topological polar surface area (TPSA) is 128 Å². The minimum absolute atomic E-state index is 0.0936. The maximum absolute atomic E-state index is 13.9. The van der Waals surface area contributed by atoms with Crippen molar-refractivity contribution >= 4 is 23.2 Å². The molecule has 14 heteroatoms. The van der Waals surface area contributed by atoms with E-state index < -0.39 is 47.5 Å². The lowest BCUT2D eigenvalue weighted by Crippen LogP contribution is -2.43. The first kappa shape index (κ1) is 25.7. The molecule has 5 rings (SSSR count). The van der Waals surface area contributed by atoms with Crippen molar-refractivity contribution < 1.29 is 17.6 Å². The van der Waals surface area contributed by atoms with E-state index in [0.29, 0.717) is 28.0 Å². The summed E-state index contributed by atoms with van der Waals surface area (Å²) >= 11 is 6.40. The Morgan fingerprint density at radius 2 is 1.77 bits per heavy atom. The molecule has 0 amide bonds. The van der Waals surface area contributed by atoms with Crippen molar-refractivity contribution in [3.63, 3.8) is 0 Å². The van der Waals surface area contributed by atoms with E-state index in [0.717, 1.165) is 4.57 Å². The number of anilines is 2. The zero-order chi connectivity index (χ0) is 27.7. The second-order valence-corrected chi connectivity index (χ2v) is 8.67. The molecule has 39 heavy (non-hydrogen) atoms. The number of aromatic nitrogens is 5. The van der Waals surface area contributed by atoms with E-state index in [4.69, 9.17) is 16.0 Å². The van der Waals surface area contributed by atoms with Crippen LogP contribution >= 0.6 is 11.6 Å². The van der Waals surface area contributed by atoms with Gasteiger partial charge in [0, 0.05) is 17.3 Å². The maximum Gasteiger partial charge on any atom is 0.355 e. The highest BCUT2D eigenvalue weighted by Crippen LogP contribution is 2.29. The molecule has 0 aliphatic rings. The number of nitrogens with zero attached hydrogens (tertiary/aromatic N) is 4. The van der Waals surface area contributed by atoms with Gasteiger partial charge in [-0.15, -0.1) is 0 Å². The number of oxazole rings is 1. The van der Waals surface area contributed by atoms with Crippen LogP contribution < -0.4 is 22.3 Å². The highest BCUT2D eigenvalue weighted by atomic mass is 35.5. The first-order valence-electron chi connectivity index (χ1n) is 11.2. The second kappa shape index (κ2) is 10.5. The summed E-state index contributed by atoms with van der Waals surface area (Å²) in [4.78, 5) is 48.9. The number of aromatic amines is 1. The van der Waals surface area contributed by atoms with Crippen molar-refractivity contribution in [2.75, 3.05) is 5.32 Å². The Hall–Kier alpha value is -4.91. The van der Waals surface area contributed by atoms with Gasteiger partial charge in [-0.1, -0.05) is 23.7 Å². The van der Waals surface area contributed by atoms with Crippen LogP contribution in [0.5, 0.6) is 0 Å². The molecule has 0 saturated carbocycles. The summed E-state index contributed by atoms with van der Waals surface area (Å²) < 4.78 is 47.9. The van der Waals surface area contributed by atoms with Gasteiger partial charge in [0.05, 0.1) is 23.8 Å². The Bertz CT molecular complexity index is 1840. The van der Waals surface area contributed by atoms with E-state index in [1.54, 1.807) is 12.1 Å². The van der Waals surface area contributed by atoms with Gasteiger partial charge in [0.1, 0.15) is 12.0 Å². The fourth-order valence-corrected chi connectivity index (χ4v) is 4.01. The van der Waals surface area contributed by atoms with E-state index in [1.807, 2.05) is 0 Å². The maximum atomic E-state index is 13.9. The average Bonchev–Trinajstić information content (AvgIpc) is 3.44. The number of nitrogens with one attached hydrogen (secondary N) is 2. The summed E-state index contributed by atoms with van der Waals surface area (Å²) in [7, 11) is 0. The molecule has 198 valence electrons. The van der Waals surface area contributed by atoms with Gasteiger partial charge < -0.3 is 14.7 Å². The molecule has 3 aromatic heterocycles. The van der Waals surface area contributed by atoms with E-state index in [2.05, 4.69) is 20.3 Å². The highest BCUT2D eigenvalue weighted by molar-refractivity contribution is 6.33. The van der Waals surface area contributed by atoms with Crippen LogP contribution in [-0.2, 0) is 13.1 Å². The van der Waals surface area contributed by atoms with Crippen LogP contribution in [0, 0.1) is 17.5 Å². The van der Waals surface area contributed by atoms with Crippen LogP contribution in [0.15, 0.2) is 80.1 Å². The first-order valence-corrected chi connectivity index (χ1v) is 11.6. The van der Waals surface area contributed by atoms with Gasteiger partial charge in [-0.05, 0) is 35.9 Å². The number of hydrogen-bond donors (Lipinski definition) is 2. The molecule has 0 saturated heterocycles. The molecular weight excluding hydrogens is 541 g/mol. The molecular formula is C25H16ClF3N6O4. The predicted molar refractivity (Wildman–Crippen MR) is 135 cm³/mol. The van der Waals surface area contributed by atoms with Crippen molar-refractivity contribution in [2.45, 2.75) is 13.1 Å². The summed E-state index contributed by atoms with van der Waals surface area (Å²) in [6.07, 6.45) is 4.04. The molecule has 5 aromatic rings. The number of H-pyrrole nitrogens is 1. The fraction of sp³-hybridized carbons (Fsp3) is 0.0800. The third-order valence-corrected chi connectivity index (χ3v) is 6.02.